The molecule has 0 radical (unpaired) electrons. The van der Waals surface area contributed by atoms with Gasteiger partial charge < -0.3 is 16.8 Å². The Morgan fingerprint density at radius 2 is 1.80 bits per heavy atom. The highest BCUT2D eigenvalue weighted by Gasteiger charge is 2.40. The number of hydrogen-bond donors (Lipinski definition) is 3. The number of nitrogens with one attached hydrogen (secondary N) is 1. The molecule has 2 aliphatic carbocycles. The Hall–Kier alpha value is -1.24. The molecule has 3 rings (SSSR count). The van der Waals surface area contributed by atoms with Crippen molar-refractivity contribution >= 4 is 36.0 Å². The van der Waals surface area contributed by atoms with Crippen LogP contribution in [0, 0.1) is 11.8 Å². The highest BCUT2D eigenvalue weighted by Crippen LogP contribution is 2.40. The maximum Gasteiger partial charge on any atom is 0.252 e. The molecule has 2 atom stereocenters. The zero-order chi connectivity index (χ0) is 17.1. The van der Waals surface area contributed by atoms with Crippen molar-refractivity contribution in [2.24, 2.45) is 23.3 Å². The van der Waals surface area contributed by atoms with Gasteiger partial charge in [0.25, 0.3) is 5.91 Å². The van der Waals surface area contributed by atoms with Crippen LogP contribution in [0.3, 0.4) is 0 Å². The maximum atomic E-state index is 12.8. The number of carbonyl (C=O) groups excluding carboxylic acids is 2. The zero-order valence-electron chi connectivity index (χ0n) is 14.1. The van der Waals surface area contributed by atoms with E-state index < -0.39 is 0 Å². The molecule has 5 nitrogen and oxygen atoms in total. The van der Waals surface area contributed by atoms with Crippen LogP contribution in [0.25, 0.3) is 0 Å². The first-order chi connectivity index (χ1) is 11.5. The van der Waals surface area contributed by atoms with Crippen molar-refractivity contribution in [3.8, 4) is 0 Å². The van der Waals surface area contributed by atoms with Gasteiger partial charge in [0.1, 0.15) is 0 Å². The number of primary amides is 1. The molecule has 1 aromatic rings. The Bertz CT molecular complexity index is 614. The summed E-state index contributed by atoms with van der Waals surface area (Å²) in [6, 6.07) is 7.88. The van der Waals surface area contributed by atoms with Crippen molar-refractivity contribution in [3.63, 3.8) is 0 Å². The van der Waals surface area contributed by atoms with Gasteiger partial charge in [0.15, 0.2) is 0 Å². The average Bonchev–Trinajstić information content (AvgIpc) is 2.54. The topological polar surface area (TPSA) is 98.2 Å². The summed E-state index contributed by atoms with van der Waals surface area (Å²) < 4.78 is 0. The van der Waals surface area contributed by atoms with E-state index in [4.69, 9.17) is 11.5 Å². The molecule has 1 aromatic carbocycles. The van der Waals surface area contributed by atoms with Crippen LogP contribution in [0.2, 0.25) is 0 Å². The first kappa shape index (κ1) is 20.1. The van der Waals surface area contributed by atoms with E-state index in [9.17, 15) is 9.59 Å². The lowest BCUT2D eigenvalue weighted by Gasteiger charge is -2.45. The molecule has 0 spiro atoms. The predicted molar refractivity (Wildman–Crippen MR) is 103 cm³/mol. The van der Waals surface area contributed by atoms with Gasteiger partial charge in [-0.25, -0.2) is 0 Å². The minimum atomic E-state index is -0.383. The van der Waals surface area contributed by atoms with E-state index in [2.05, 4.69) is 5.32 Å². The van der Waals surface area contributed by atoms with E-state index in [1.54, 1.807) is 0 Å². The van der Waals surface area contributed by atoms with Crippen molar-refractivity contribution in [2.75, 3.05) is 5.75 Å². The number of nitrogens with two attached hydrogens (primary N) is 2. The number of benzene rings is 1. The third kappa shape index (κ3) is 4.90. The van der Waals surface area contributed by atoms with Gasteiger partial charge in [0.2, 0.25) is 5.91 Å². The number of halogens is 1. The molecule has 2 unspecified atom stereocenters. The predicted octanol–water partition coefficient (Wildman–Crippen LogP) is 2.32. The van der Waals surface area contributed by atoms with Crippen molar-refractivity contribution in [2.45, 2.75) is 49.1 Å². The number of thioether (sulfide) groups is 1. The Morgan fingerprint density at radius 1 is 1.16 bits per heavy atom. The minimum absolute atomic E-state index is 0. The lowest BCUT2D eigenvalue weighted by molar-refractivity contribution is -0.115. The number of fused-ring (bicyclic) bond motifs is 2. The third-order valence-electron chi connectivity index (χ3n) is 5.18. The Labute approximate surface area is 159 Å². The largest absolute Gasteiger partial charge is 0.369 e. The maximum absolute atomic E-state index is 12.8. The molecule has 2 bridgehead atoms. The van der Waals surface area contributed by atoms with E-state index in [1.807, 2.05) is 24.3 Å². The van der Waals surface area contributed by atoms with Crippen molar-refractivity contribution in [1.29, 1.82) is 0 Å². The first-order valence-electron chi connectivity index (χ1n) is 8.61. The van der Waals surface area contributed by atoms with E-state index >= 15 is 0 Å². The van der Waals surface area contributed by atoms with Crippen LogP contribution in [-0.2, 0) is 4.79 Å². The van der Waals surface area contributed by atoms with Gasteiger partial charge in [-0.3, -0.25) is 9.59 Å². The number of hydrogen-bond acceptors (Lipinski definition) is 4. The smallest absolute Gasteiger partial charge is 0.252 e. The molecule has 2 aliphatic rings. The Morgan fingerprint density at radius 3 is 2.44 bits per heavy atom. The molecule has 0 saturated heterocycles. The summed E-state index contributed by atoms with van der Waals surface area (Å²) in [5.41, 5.74) is 12.0. The fourth-order valence-electron chi connectivity index (χ4n) is 4.18. The molecule has 0 heterocycles. The fourth-order valence-corrected chi connectivity index (χ4v) is 4.97. The summed E-state index contributed by atoms with van der Waals surface area (Å²) in [6.07, 6.45) is 5.53. The number of carbonyl (C=O) groups is 2. The van der Waals surface area contributed by atoms with Gasteiger partial charge in [0, 0.05) is 17.0 Å². The van der Waals surface area contributed by atoms with Gasteiger partial charge in [-0.2, -0.15) is 0 Å². The Balaban J connectivity index is 0.00000225. The molecule has 2 fully saturated rings. The third-order valence-corrected chi connectivity index (χ3v) is 6.27. The van der Waals surface area contributed by atoms with Crippen molar-refractivity contribution in [1.82, 2.24) is 5.32 Å². The molecule has 0 aromatic heterocycles. The molecular weight excluding hydrogens is 358 g/mol. The fraction of sp³-hybridized carbons (Fsp3) is 0.556. The summed E-state index contributed by atoms with van der Waals surface area (Å²) in [6.45, 7) is 0. The van der Waals surface area contributed by atoms with Crippen LogP contribution in [0.15, 0.2) is 29.2 Å². The second kappa shape index (κ2) is 8.92. The first-order valence-corrected chi connectivity index (χ1v) is 9.59. The molecular formula is C18H26ClN3O2S. The summed E-state index contributed by atoms with van der Waals surface area (Å²) in [7, 11) is 0. The summed E-state index contributed by atoms with van der Waals surface area (Å²) in [5, 5.41) is 3.26. The number of amides is 2. The van der Waals surface area contributed by atoms with E-state index in [1.165, 1.54) is 18.2 Å². The van der Waals surface area contributed by atoms with Gasteiger partial charge in [-0.05, 0) is 49.7 Å². The van der Waals surface area contributed by atoms with Gasteiger partial charge >= 0.3 is 0 Å². The van der Waals surface area contributed by atoms with Crippen LogP contribution >= 0.6 is 24.2 Å². The van der Waals surface area contributed by atoms with E-state index in [0.29, 0.717) is 17.4 Å². The van der Waals surface area contributed by atoms with Crippen LogP contribution < -0.4 is 16.8 Å². The molecule has 0 aliphatic heterocycles. The summed E-state index contributed by atoms with van der Waals surface area (Å²) in [4.78, 5) is 24.6. The normalized spacial score (nSPS) is 27.9. The van der Waals surface area contributed by atoms with Crippen LogP contribution in [0.5, 0.6) is 0 Å². The van der Waals surface area contributed by atoms with E-state index in [0.717, 1.165) is 30.6 Å². The lowest BCUT2D eigenvalue weighted by atomic mass is 9.67. The summed E-state index contributed by atoms with van der Waals surface area (Å²) >= 11 is 1.31. The lowest BCUT2D eigenvalue weighted by Crippen LogP contribution is -2.53. The molecule has 7 heteroatoms. The highest BCUT2D eigenvalue weighted by molar-refractivity contribution is 8.00. The molecule has 2 saturated carbocycles. The molecule has 2 amide bonds. The molecule has 138 valence electrons. The average molecular weight is 384 g/mol. The SMILES string of the molecule is Cl.NC(=O)CSc1ccccc1C(=O)NC1C2CCCC1CC(N)C2. The highest BCUT2D eigenvalue weighted by atomic mass is 35.5. The van der Waals surface area contributed by atoms with Gasteiger partial charge in [-0.15, -0.1) is 24.2 Å². The number of rotatable bonds is 5. The van der Waals surface area contributed by atoms with E-state index in [-0.39, 0.29) is 42.1 Å². The summed E-state index contributed by atoms with van der Waals surface area (Å²) in [5.74, 6) is 0.711. The second-order valence-electron chi connectivity index (χ2n) is 6.93. The Kier molecular flexibility index (Phi) is 7.16. The zero-order valence-corrected chi connectivity index (χ0v) is 15.8. The van der Waals surface area contributed by atoms with Crippen molar-refractivity contribution in [3.05, 3.63) is 29.8 Å². The van der Waals surface area contributed by atoms with Gasteiger partial charge in [-0.1, -0.05) is 18.6 Å². The van der Waals surface area contributed by atoms with Crippen LogP contribution in [0.1, 0.15) is 42.5 Å². The minimum Gasteiger partial charge on any atom is -0.369 e. The van der Waals surface area contributed by atoms with Crippen molar-refractivity contribution < 1.29 is 9.59 Å². The van der Waals surface area contributed by atoms with Crippen LogP contribution in [0.4, 0.5) is 0 Å². The monoisotopic (exact) mass is 383 g/mol. The quantitative estimate of drug-likeness (QED) is 0.679. The second-order valence-corrected chi connectivity index (χ2v) is 7.95. The molecule has 25 heavy (non-hydrogen) atoms. The molecule has 5 N–H and O–H groups in total. The van der Waals surface area contributed by atoms with Crippen LogP contribution in [-0.4, -0.2) is 29.7 Å². The standard InChI is InChI=1S/C18H25N3O2S.ClH/c19-13-8-11-4-3-5-12(9-13)17(11)21-18(23)14-6-1-2-7-15(14)24-10-16(20)22;/h1-2,6-7,11-13,17H,3-5,8-10,19H2,(H2,20,22)(H,21,23);1H. The van der Waals surface area contributed by atoms with Gasteiger partial charge in [0.05, 0.1) is 11.3 Å².